The highest BCUT2D eigenvalue weighted by molar-refractivity contribution is 5.97. The first kappa shape index (κ1) is 20.3. The van der Waals surface area contributed by atoms with E-state index in [0.717, 1.165) is 32.5 Å². The molecule has 0 bridgehead atoms. The van der Waals surface area contributed by atoms with Gasteiger partial charge in [-0.1, -0.05) is 0 Å². The number of halogens is 1. The molecule has 1 aromatic carbocycles. The minimum absolute atomic E-state index is 0.0296. The van der Waals surface area contributed by atoms with Gasteiger partial charge in [0.1, 0.15) is 11.9 Å². The number of likely N-dealkylation sites (N-methyl/N-ethyl adjacent to an activating group) is 1. The Kier molecular flexibility index (Phi) is 8.00. The summed E-state index contributed by atoms with van der Waals surface area (Å²) in [6.07, 6.45) is 2.38. The van der Waals surface area contributed by atoms with E-state index < -0.39 is 11.9 Å². The van der Waals surface area contributed by atoms with Gasteiger partial charge in [-0.05, 0) is 64.2 Å². The van der Waals surface area contributed by atoms with Gasteiger partial charge >= 0.3 is 0 Å². The van der Waals surface area contributed by atoms with E-state index >= 15 is 0 Å². The van der Waals surface area contributed by atoms with E-state index in [-0.39, 0.29) is 11.8 Å². The Morgan fingerprint density at radius 2 is 1.77 bits per heavy atom. The fourth-order valence-corrected chi connectivity index (χ4v) is 3.00. The molecule has 2 rings (SSSR count). The minimum atomic E-state index is -0.548. The molecule has 2 N–H and O–H groups in total. The van der Waals surface area contributed by atoms with Crippen molar-refractivity contribution >= 4 is 11.8 Å². The van der Waals surface area contributed by atoms with Gasteiger partial charge < -0.3 is 20.4 Å². The van der Waals surface area contributed by atoms with Crippen LogP contribution in [-0.2, 0) is 4.79 Å². The van der Waals surface area contributed by atoms with E-state index in [4.69, 9.17) is 0 Å². The van der Waals surface area contributed by atoms with Crippen LogP contribution in [0.1, 0.15) is 29.6 Å². The second-order valence-corrected chi connectivity index (χ2v) is 6.76. The molecule has 2 amide bonds. The van der Waals surface area contributed by atoms with Crippen LogP contribution in [0.25, 0.3) is 0 Å². The van der Waals surface area contributed by atoms with Gasteiger partial charge in [-0.15, -0.1) is 0 Å². The zero-order chi connectivity index (χ0) is 18.9. The number of hydrogen-bond acceptors (Lipinski definition) is 4. The van der Waals surface area contributed by atoms with Crippen molar-refractivity contribution in [2.24, 2.45) is 0 Å². The Morgan fingerprint density at radius 3 is 2.38 bits per heavy atom. The number of unbranched alkanes of at least 4 members (excludes halogenated alkanes) is 1. The molecule has 7 heteroatoms. The first-order chi connectivity index (χ1) is 12.5. The second-order valence-electron chi connectivity index (χ2n) is 6.76. The van der Waals surface area contributed by atoms with Crippen molar-refractivity contribution in [2.45, 2.75) is 25.3 Å². The number of carbonyl (C=O) groups excluding carboxylic acids is 2. The van der Waals surface area contributed by atoms with Gasteiger partial charge in [-0.2, -0.15) is 0 Å². The molecule has 144 valence electrons. The van der Waals surface area contributed by atoms with Crippen LogP contribution in [0.15, 0.2) is 24.3 Å². The summed E-state index contributed by atoms with van der Waals surface area (Å²) in [5.74, 6) is -0.761. The minimum Gasteiger partial charge on any atom is -0.340 e. The highest BCUT2D eigenvalue weighted by Gasteiger charge is 2.27. The third kappa shape index (κ3) is 6.07. The fourth-order valence-electron chi connectivity index (χ4n) is 3.00. The summed E-state index contributed by atoms with van der Waals surface area (Å²) in [6.45, 7) is 3.90. The number of benzene rings is 1. The van der Waals surface area contributed by atoms with Crippen molar-refractivity contribution in [3.05, 3.63) is 35.6 Å². The lowest BCUT2D eigenvalue weighted by molar-refractivity contribution is -0.135. The summed E-state index contributed by atoms with van der Waals surface area (Å²) in [4.78, 5) is 29.4. The Bertz CT molecular complexity index is 586. The van der Waals surface area contributed by atoms with Crippen molar-refractivity contribution in [1.29, 1.82) is 0 Å². The molecule has 1 aromatic rings. The lowest BCUT2D eigenvalue weighted by atomic mass is 10.1. The normalized spacial score (nSPS) is 16.3. The molecule has 6 nitrogen and oxygen atoms in total. The molecule has 0 aliphatic carbocycles. The van der Waals surface area contributed by atoms with Gasteiger partial charge in [0.25, 0.3) is 5.91 Å². The molecular formula is C19H29FN4O2. The third-order valence-corrected chi connectivity index (χ3v) is 4.69. The van der Waals surface area contributed by atoms with Crippen LogP contribution in [0.5, 0.6) is 0 Å². The average molecular weight is 364 g/mol. The number of carbonyl (C=O) groups is 2. The maximum absolute atomic E-state index is 13.1. The van der Waals surface area contributed by atoms with Gasteiger partial charge in [0.05, 0.1) is 0 Å². The Morgan fingerprint density at radius 1 is 1.12 bits per heavy atom. The van der Waals surface area contributed by atoms with Crippen LogP contribution in [-0.4, -0.2) is 74.5 Å². The predicted molar refractivity (Wildman–Crippen MR) is 99.5 cm³/mol. The highest BCUT2D eigenvalue weighted by atomic mass is 19.1. The first-order valence-electron chi connectivity index (χ1n) is 9.19. The SMILES string of the molecule is CNCCCC[C@H](NC(=O)c1ccc(F)cc1)C(=O)N1CCN(C)CC1. The van der Waals surface area contributed by atoms with Crippen molar-refractivity contribution in [3.63, 3.8) is 0 Å². The van der Waals surface area contributed by atoms with Crippen molar-refractivity contribution in [3.8, 4) is 0 Å². The topological polar surface area (TPSA) is 64.7 Å². The molecule has 0 radical (unpaired) electrons. The number of amides is 2. The lowest BCUT2D eigenvalue weighted by Gasteiger charge is -2.34. The van der Waals surface area contributed by atoms with Crippen LogP contribution < -0.4 is 10.6 Å². The molecule has 1 aliphatic rings. The van der Waals surface area contributed by atoms with E-state index in [9.17, 15) is 14.0 Å². The van der Waals surface area contributed by atoms with E-state index in [2.05, 4.69) is 15.5 Å². The summed E-state index contributed by atoms with van der Waals surface area (Å²) in [7, 11) is 3.93. The van der Waals surface area contributed by atoms with Crippen LogP contribution in [0.4, 0.5) is 4.39 Å². The van der Waals surface area contributed by atoms with Crippen molar-refractivity contribution in [2.75, 3.05) is 46.8 Å². The monoisotopic (exact) mass is 364 g/mol. The van der Waals surface area contributed by atoms with Crippen LogP contribution in [0.2, 0.25) is 0 Å². The van der Waals surface area contributed by atoms with Gasteiger partial charge in [-0.3, -0.25) is 9.59 Å². The quantitative estimate of drug-likeness (QED) is 0.678. The van der Waals surface area contributed by atoms with Crippen LogP contribution in [0, 0.1) is 5.82 Å². The standard InChI is InChI=1S/C19H29FN4O2/c1-21-10-4-3-5-17(19(26)24-13-11-23(2)12-14-24)22-18(25)15-6-8-16(20)9-7-15/h6-9,17,21H,3-5,10-14H2,1-2H3,(H,22,25)/t17-/m0/s1. The first-order valence-corrected chi connectivity index (χ1v) is 9.19. The molecule has 26 heavy (non-hydrogen) atoms. The summed E-state index contributed by atoms with van der Waals surface area (Å²) in [6, 6.07) is 4.82. The molecule has 0 spiro atoms. The maximum Gasteiger partial charge on any atom is 0.251 e. The van der Waals surface area contributed by atoms with E-state index in [1.807, 2.05) is 19.0 Å². The smallest absolute Gasteiger partial charge is 0.251 e. The largest absolute Gasteiger partial charge is 0.340 e. The molecule has 0 saturated carbocycles. The molecule has 1 fully saturated rings. The van der Waals surface area contributed by atoms with Gasteiger partial charge in [0.2, 0.25) is 5.91 Å². The van der Waals surface area contributed by atoms with Crippen LogP contribution >= 0.6 is 0 Å². The summed E-state index contributed by atoms with van der Waals surface area (Å²) in [5, 5.41) is 5.94. The average Bonchev–Trinajstić information content (AvgIpc) is 2.64. The molecule has 1 atom stereocenters. The number of hydrogen-bond donors (Lipinski definition) is 2. The molecule has 0 unspecified atom stereocenters. The maximum atomic E-state index is 13.1. The van der Waals surface area contributed by atoms with Crippen LogP contribution in [0.3, 0.4) is 0 Å². The Hall–Kier alpha value is -1.99. The lowest BCUT2D eigenvalue weighted by Crippen LogP contribution is -2.54. The van der Waals surface area contributed by atoms with Crippen molar-refractivity contribution in [1.82, 2.24) is 20.4 Å². The van der Waals surface area contributed by atoms with Gasteiger partial charge in [0, 0.05) is 31.7 Å². The highest BCUT2D eigenvalue weighted by Crippen LogP contribution is 2.10. The number of rotatable bonds is 8. The van der Waals surface area contributed by atoms with E-state index in [1.165, 1.54) is 24.3 Å². The summed E-state index contributed by atoms with van der Waals surface area (Å²) < 4.78 is 13.1. The molecule has 1 heterocycles. The zero-order valence-electron chi connectivity index (χ0n) is 15.6. The zero-order valence-corrected chi connectivity index (χ0v) is 15.6. The Labute approximate surface area is 154 Å². The molecule has 1 aliphatic heterocycles. The predicted octanol–water partition coefficient (Wildman–Crippen LogP) is 1.09. The third-order valence-electron chi connectivity index (χ3n) is 4.69. The van der Waals surface area contributed by atoms with Crippen molar-refractivity contribution < 1.29 is 14.0 Å². The number of nitrogens with one attached hydrogen (secondary N) is 2. The Balaban J connectivity index is 2.00. The van der Waals surface area contributed by atoms with Gasteiger partial charge in [0.15, 0.2) is 0 Å². The molecule has 0 aromatic heterocycles. The van der Waals surface area contributed by atoms with E-state index in [0.29, 0.717) is 25.1 Å². The molecular weight excluding hydrogens is 335 g/mol. The fraction of sp³-hybridized carbons (Fsp3) is 0.579. The van der Waals surface area contributed by atoms with Gasteiger partial charge in [-0.25, -0.2) is 4.39 Å². The second kappa shape index (κ2) is 10.2. The molecule has 1 saturated heterocycles. The summed E-state index contributed by atoms with van der Waals surface area (Å²) >= 11 is 0. The number of nitrogens with zero attached hydrogens (tertiary/aromatic N) is 2. The summed E-state index contributed by atoms with van der Waals surface area (Å²) in [5.41, 5.74) is 0.359. The van der Waals surface area contributed by atoms with E-state index in [1.54, 1.807) is 0 Å². The number of piperazine rings is 1.